The summed E-state index contributed by atoms with van der Waals surface area (Å²) in [6.45, 7) is 6.72. The number of carbonyl (C=O) groups is 1. The largest absolute Gasteiger partial charge is 0.462 e. The number of aromatic nitrogens is 1. The number of rotatable bonds is 2. The van der Waals surface area contributed by atoms with E-state index in [0.717, 1.165) is 5.56 Å². The number of esters is 1. The fourth-order valence-electron chi connectivity index (χ4n) is 2.75. The van der Waals surface area contributed by atoms with Gasteiger partial charge in [-0.05, 0) is 66.3 Å². The molecule has 136 valence electrons. The van der Waals surface area contributed by atoms with Crippen LogP contribution in [-0.2, 0) is 10.2 Å². The van der Waals surface area contributed by atoms with Crippen LogP contribution in [0.5, 0.6) is 0 Å². The Balaban J connectivity index is 0.00000243. The van der Waals surface area contributed by atoms with Gasteiger partial charge < -0.3 is 4.74 Å². The van der Waals surface area contributed by atoms with Gasteiger partial charge in [-0.3, -0.25) is 0 Å². The molecule has 0 fully saturated rings. The van der Waals surface area contributed by atoms with E-state index in [2.05, 4.69) is 48.9 Å². The molecule has 0 atom stereocenters. The average molecular weight is 368 g/mol. The van der Waals surface area contributed by atoms with Crippen molar-refractivity contribution in [2.24, 2.45) is 0 Å². The third-order valence-electron chi connectivity index (χ3n) is 4.30. The van der Waals surface area contributed by atoms with Crippen molar-refractivity contribution in [3.8, 4) is 11.8 Å². The number of nitrogens with zero attached hydrogens (tertiary/aromatic N) is 1. The number of hydrogen-bond donors (Lipinski definition) is 0. The van der Waals surface area contributed by atoms with Gasteiger partial charge in [-0.25, -0.2) is 9.78 Å². The highest BCUT2D eigenvalue weighted by Gasteiger charge is 2.27. The van der Waals surface area contributed by atoms with Crippen molar-refractivity contribution < 1.29 is 9.53 Å². The monoisotopic (exact) mass is 367 g/mol. The van der Waals surface area contributed by atoms with E-state index in [-0.39, 0.29) is 18.8 Å². The molecule has 0 aliphatic carbocycles. The van der Waals surface area contributed by atoms with E-state index < -0.39 is 0 Å². The molecule has 1 aliphatic heterocycles. The molecule has 2 aromatic rings. The maximum Gasteiger partial charge on any atom is 0.339 e. The van der Waals surface area contributed by atoms with E-state index in [1.165, 1.54) is 28.8 Å². The molecule has 1 aromatic carbocycles. The summed E-state index contributed by atoms with van der Waals surface area (Å²) in [5, 5.41) is 0. The van der Waals surface area contributed by atoms with Crippen LogP contribution in [0.4, 0.5) is 0 Å². The Labute approximate surface area is 160 Å². The second-order valence-corrected chi connectivity index (χ2v) is 7.73. The van der Waals surface area contributed by atoms with Crippen LogP contribution in [0.2, 0.25) is 0 Å². The van der Waals surface area contributed by atoms with Gasteiger partial charge in [-0.2, -0.15) is 0 Å². The standard InChI is InChI=1S/C21H21NO2S.CH4/c1-4-24-20(23)16-7-9-17(22-14-16)8-5-15-6-10-19-18(13-15)21(2,3)11-12-25-19;/h6-7,9-10,13-14H,4,11-12H2,1-3H3;1H4. The van der Waals surface area contributed by atoms with Crippen LogP contribution in [0, 0.1) is 11.8 Å². The number of carbonyl (C=O) groups excluding carboxylic acids is 1. The summed E-state index contributed by atoms with van der Waals surface area (Å²) in [5.41, 5.74) is 3.64. The summed E-state index contributed by atoms with van der Waals surface area (Å²) in [4.78, 5) is 17.2. The normalized spacial score (nSPS) is 14.3. The molecule has 2 heterocycles. The van der Waals surface area contributed by atoms with Gasteiger partial charge in [-0.1, -0.05) is 27.2 Å². The third-order valence-corrected chi connectivity index (χ3v) is 5.38. The first-order valence-corrected chi connectivity index (χ1v) is 9.41. The SMILES string of the molecule is C.CCOC(=O)c1ccc(C#Cc2ccc3c(c2)C(C)(C)CCS3)nc1. The van der Waals surface area contributed by atoms with E-state index in [9.17, 15) is 4.79 Å². The zero-order valence-electron chi connectivity index (χ0n) is 14.8. The zero-order chi connectivity index (χ0) is 17.9. The summed E-state index contributed by atoms with van der Waals surface area (Å²) < 4.78 is 4.95. The first-order valence-electron chi connectivity index (χ1n) is 8.42. The van der Waals surface area contributed by atoms with Gasteiger partial charge in [-0.15, -0.1) is 11.8 Å². The summed E-state index contributed by atoms with van der Waals surface area (Å²) >= 11 is 1.92. The van der Waals surface area contributed by atoms with Gasteiger partial charge in [0.25, 0.3) is 0 Å². The molecule has 0 saturated heterocycles. The first kappa shape index (κ1) is 20.1. The predicted octanol–water partition coefficient (Wildman–Crippen LogP) is 5.07. The van der Waals surface area contributed by atoms with E-state index in [0.29, 0.717) is 17.9 Å². The van der Waals surface area contributed by atoms with Crippen LogP contribution in [0.3, 0.4) is 0 Å². The molecule has 0 radical (unpaired) electrons. The number of pyridine rings is 1. The average Bonchev–Trinajstić information content (AvgIpc) is 2.61. The molecule has 0 saturated carbocycles. The topological polar surface area (TPSA) is 39.2 Å². The molecule has 3 nitrogen and oxygen atoms in total. The molecule has 1 aromatic heterocycles. The van der Waals surface area contributed by atoms with Gasteiger partial charge in [0.2, 0.25) is 0 Å². The molecule has 1 aliphatic rings. The molecule has 0 unspecified atom stereocenters. The first-order chi connectivity index (χ1) is 12.0. The fourth-order valence-corrected chi connectivity index (χ4v) is 4.24. The third kappa shape index (κ3) is 4.47. The van der Waals surface area contributed by atoms with Crippen molar-refractivity contribution in [2.75, 3.05) is 12.4 Å². The maximum absolute atomic E-state index is 11.6. The zero-order valence-corrected chi connectivity index (χ0v) is 15.6. The maximum atomic E-state index is 11.6. The van der Waals surface area contributed by atoms with Crippen molar-refractivity contribution in [1.82, 2.24) is 4.98 Å². The molecule has 4 heteroatoms. The molecule has 26 heavy (non-hydrogen) atoms. The van der Waals surface area contributed by atoms with Crippen molar-refractivity contribution in [2.45, 2.75) is 44.9 Å². The Morgan fingerprint density at radius 3 is 2.77 bits per heavy atom. The molecule has 0 spiro atoms. The number of fused-ring (bicyclic) bond motifs is 1. The van der Waals surface area contributed by atoms with Crippen molar-refractivity contribution >= 4 is 17.7 Å². The summed E-state index contributed by atoms with van der Waals surface area (Å²) in [6.07, 6.45) is 2.69. The van der Waals surface area contributed by atoms with E-state index in [1.54, 1.807) is 19.1 Å². The minimum Gasteiger partial charge on any atom is -0.462 e. The lowest BCUT2D eigenvalue weighted by molar-refractivity contribution is 0.0526. The Hall–Kier alpha value is -2.25. The Morgan fingerprint density at radius 1 is 1.27 bits per heavy atom. The second-order valence-electron chi connectivity index (χ2n) is 6.60. The minimum absolute atomic E-state index is 0. The van der Waals surface area contributed by atoms with Crippen LogP contribution in [0.25, 0.3) is 0 Å². The lowest BCUT2D eigenvalue weighted by atomic mass is 9.81. The lowest BCUT2D eigenvalue weighted by Gasteiger charge is -2.32. The van der Waals surface area contributed by atoms with Gasteiger partial charge in [0.15, 0.2) is 0 Å². The highest BCUT2D eigenvalue weighted by atomic mass is 32.2. The quantitative estimate of drug-likeness (QED) is 0.549. The molecule has 3 rings (SSSR count). The molecular weight excluding hydrogens is 342 g/mol. The van der Waals surface area contributed by atoms with Crippen LogP contribution in [0.15, 0.2) is 41.4 Å². The number of thioether (sulfide) groups is 1. The Bertz CT molecular complexity index is 845. The molecule has 0 bridgehead atoms. The van der Waals surface area contributed by atoms with Crippen LogP contribution < -0.4 is 0 Å². The molecule has 0 amide bonds. The highest BCUT2D eigenvalue weighted by molar-refractivity contribution is 7.99. The highest BCUT2D eigenvalue weighted by Crippen LogP contribution is 2.41. The van der Waals surface area contributed by atoms with Gasteiger partial charge >= 0.3 is 5.97 Å². The van der Waals surface area contributed by atoms with Gasteiger partial charge in [0.1, 0.15) is 5.69 Å². The van der Waals surface area contributed by atoms with Crippen LogP contribution in [-0.4, -0.2) is 23.3 Å². The molecule has 0 N–H and O–H groups in total. The second kappa shape index (κ2) is 8.42. The van der Waals surface area contributed by atoms with Crippen LogP contribution >= 0.6 is 11.8 Å². The van der Waals surface area contributed by atoms with E-state index >= 15 is 0 Å². The number of benzene rings is 1. The van der Waals surface area contributed by atoms with Crippen molar-refractivity contribution in [3.63, 3.8) is 0 Å². The lowest BCUT2D eigenvalue weighted by Crippen LogP contribution is -2.22. The van der Waals surface area contributed by atoms with Crippen LogP contribution in [0.1, 0.15) is 61.8 Å². The van der Waals surface area contributed by atoms with E-state index in [4.69, 9.17) is 4.74 Å². The summed E-state index contributed by atoms with van der Waals surface area (Å²) in [5.74, 6) is 7.07. The van der Waals surface area contributed by atoms with Gasteiger partial charge in [0, 0.05) is 16.7 Å². The minimum atomic E-state index is -0.357. The summed E-state index contributed by atoms with van der Waals surface area (Å²) in [6, 6.07) is 9.87. The van der Waals surface area contributed by atoms with Gasteiger partial charge in [0.05, 0.1) is 12.2 Å². The Kier molecular flexibility index (Phi) is 6.50. The predicted molar refractivity (Wildman–Crippen MR) is 108 cm³/mol. The number of hydrogen-bond acceptors (Lipinski definition) is 4. The van der Waals surface area contributed by atoms with Crippen molar-refractivity contribution in [1.29, 1.82) is 0 Å². The molecular formula is C22H25NO2S. The number of ether oxygens (including phenoxy) is 1. The fraction of sp³-hybridized carbons (Fsp3) is 0.364. The Morgan fingerprint density at radius 2 is 2.08 bits per heavy atom. The smallest absolute Gasteiger partial charge is 0.339 e. The van der Waals surface area contributed by atoms with Crippen molar-refractivity contribution in [3.05, 3.63) is 58.9 Å². The van der Waals surface area contributed by atoms with E-state index in [1.807, 2.05) is 11.8 Å². The summed E-state index contributed by atoms with van der Waals surface area (Å²) in [7, 11) is 0.